The number of hydrogen-bond acceptors (Lipinski definition) is 6. The molecule has 2 amide bonds. The Morgan fingerprint density at radius 2 is 1.68 bits per heavy atom. The summed E-state index contributed by atoms with van der Waals surface area (Å²) in [4.78, 5) is 31.6. The Balaban J connectivity index is 1.92. The van der Waals surface area contributed by atoms with Crippen molar-refractivity contribution in [1.82, 2.24) is 5.32 Å². The fraction of sp³-hybridized carbons (Fsp3) is 0.292. The second-order valence-electron chi connectivity index (χ2n) is 7.63. The van der Waals surface area contributed by atoms with Gasteiger partial charge < -0.3 is 14.8 Å². The molecule has 10 heteroatoms. The topological polar surface area (TPSA) is 80.2 Å². The van der Waals surface area contributed by atoms with Crippen LogP contribution < -0.4 is 19.7 Å². The van der Waals surface area contributed by atoms with E-state index >= 15 is 0 Å². The molecule has 1 atom stereocenters. The molecule has 0 fully saturated rings. The number of methoxy groups -OCH3 is 1. The van der Waals surface area contributed by atoms with Crippen LogP contribution in [-0.2, 0) is 9.59 Å². The van der Waals surface area contributed by atoms with E-state index in [0.717, 1.165) is 17.3 Å². The molecule has 0 bridgehead atoms. The van der Waals surface area contributed by atoms with E-state index in [-0.39, 0.29) is 23.4 Å². The van der Waals surface area contributed by atoms with Crippen LogP contribution >= 0.6 is 11.8 Å². The summed E-state index contributed by atoms with van der Waals surface area (Å²) in [5.41, 5.74) is 1.33. The second kappa shape index (κ2) is 11.1. The van der Waals surface area contributed by atoms with Gasteiger partial charge in [0.15, 0.2) is 5.17 Å². The first kappa shape index (κ1) is 25.2. The molecule has 0 saturated carbocycles. The van der Waals surface area contributed by atoms with E-state index in [9.17, 15) is 18.4 Å². The van der Waals surface area contributed by atoms with Crippen molar-refractivity contribution >= 4 is 40.5 Å². The van der Waals surface area contributed by atoms with E-state index in [1.807, 2.05) is 13.8 Å². The Bertz CT molecular complexity index is 1090. The number of nitrogens with zero attached hydrogens (tertiary/aromatic N) is 2. The number of hydrogen-bond donors (Lipinski definition) is 1. The molecule has 0 radical (unpaired) electrons. The van der Waals surface area contributed by atoms with Crippen molar-refractivity contribution in [1.29, 1.82) is 0 Å². The summed E-state index contributed by atoms with van der Waals surface area (Å²) < 4.78 is 34.5. The molecule has 1 N–H and O–H groups in total. The average molecular weight is 490 g/mol. The van der Waals surface area contributed by atoms with Crippen molar-refractivity contribution in [3.63, 3.8) is 0 Å². The standard InChI is InChI=1S/C24H25F2N3O4S/c1-14(2)27-21(30)15(3)34-24-28-20(13-16-5-9-18(32-4)10-6-16)22(31)29(24)17-7-11-19(12-8-17)33-23(25)26/h5-15,23H,1-4H3,(H,27,30)/b20-13-. The maximum absolute atomic E-state index is 13.3. The molecule has 0 aromatic heterocycles. The number of anilines is 1. The predicted molar refractivity (Wildman–Crippen MR) is 129 cm³/mol. The van der Waals surface area contributed by atoms with Crippen molar-refractivity contribution in [2.24, 2.45) is 4.99 Å². The van der Waals surface area contributed by atoms with Gasteiger partial charge in [0.25, 0.3) is 5.91 Å². The van der Waals surface area contributed by atoms with Crippen LogP contribution in [0.15, 0.2) is 59.2 Å². The van der Waals surface area contributed by atoms with E-state index < -0.39 is 17.8 Å². The quantitative estimate of drug-likeness (QED) is 0.545. The molecule has 2 aromatic carbocycles. The predicted octanol–water partition coefficient (Wildman–Crippen LogP) is 4.69. The minimum absolute atomic E-state index is 0.0322. The number of amidine groups is 1. The third-order valence-electron chi connectivity index (χ3n) is 4.65. The zero-order chi connectivity index (χ0) is 24.8. The summed E-state index contributed by atoms with van der Waals surface area (Å²) in [5, 5.41) is 2.61. The maximum Gasteiger partial charge on any atom is 0.387 e. The Labute approximate surface area is 200 Å². The highest BCUT2D eigenvalue weighted by Gasteiger charge is 2.34. The van der Waals surface area contributed by atoms with Gasteiger partial charge in [-0.1, -0.05) is 23.9 Å². The lowest BCUT2D eigenvalue weighted by molar-refractivity contribution is -0.120. The van der Waals surface area contributed by atoms with Crippen LogP contribution in [0.4, 0.5) is 14.5 Å². The number of carbonyl (C=O) groups is 2. The summed E-state index contributed by atoms with van der Waals surface area (Å²) in [6.07, 6.45) is 1.63. The van der Waals surface area contributed by atoms with Crippen molar-refractivity contribution in [3.05, 3.63) is 59.8 Å². The van der Waals surface area contributed by atoms with Gasteiger partial charge in [-0.2, -0.15) is 8.78 Å². The minimum atomic E-state index is -2.95. The van der Waals surface area contributed by atoms with E-state index in [1.165, 1.54) is 29.2 Å². The van der Waals surface area contributed by atoms with Gasteiger partial charge in [0.05, 0.1) is 18.0 Å². The molecule has 1 aliphatic rings. The van der Waals surface area contributed by atoms with E-state index in [0.29, 0.717) is 16.6 Å². The highest BCUT2D eigenvalue weighted by Crippen LogP contribution is 2.32. The summed E-state index contributed by atoms with van der Waals surface area (Å²) in [6, 6.07) is 12.7. The van der Waals surface area contributed by atoms with Crippen LogP contribution in [0.1, 0.15) is 26.3 Å². The van der Waals surface area contributed by atoms with E-state index in [1.54, 1.807) is 44.4 Å². The van der Waals surface area contributed by atoms with Crippen LogP contribution in [0.5, 0.6) is 11.5 Å². The SMILES string of the molecule is COc1ccc(/C=C2\N=C(SC(C)C(=O)NC(C)C)N(c3ccc(OC(F)F)cc3)C2=O)cc1. The van der Waals surface area contributed by atoms with Crippen LogP contribution in [0.2, 0.25) is 0 Å². The summed E-state index contributed by atoms with van der Waals surface area (Å²) in [7, 11) is 1.56. The number of aliphatic imine (C=N–C) groups is 1. The molecule has 180 valence electrons. The molecule has 0 spiro atoms. The lowest BCUT2D eigenvalue weighted by atomic mass is 10.2. The van der Waals surface area contributed by atoms with Gasteiger partial charge in [0.1, 0.15) is 17.2 Å². The third kappa shape index (κ3) is 6.34. The zero-order valence-corrected chi connectivity index (χ0v) is 19.9. The number of amides is 2. The Hall–Kier alpha value is -3.40. The monoisotopic (exact) mass is 489 g/mol. The highest BCUT2D eigenvalue weighted by molar-refractivity contribution is 8.15. The van der Waals surface area contributed by atoms with E-state index in [4.69, 9.17) is 4.74 Å². The molecule has 1 heterocycles. The van der Waals surface area contributed by atoms with E-state index in [2.05, 4.69) is 15.0 Å². The Morgan fingerprint density at radius 1 is 1.06 bits per heavy atom. The van der Waals surface area contributed by atoms with Crippen LogP contribution in [0.25, 0.3) is 6.08 Å². The molecule has 0 aliphatic carbocycles. The van der Waals surface area contributed by atoms with Gasteiger partial charge in [-0.05, 0) is 68.8 Å². The molecule has 1 unspecified atom stereocenters. The third-order valence-corrected chi connectivity index (χ3v) is 5.70. The molecule has 34 heavy (non-hydrogen) atoms. The average Bonchev–Trinajstić information content (AvgIpc) is 3.08. The normalized spacial score (nSPS) is 15.6. The van der Waals surface area contributed by atoms with Gasteiger partial charge in [0.2, 0.25) is 5.91 Å². The molecule has 2 aromatic rings. The highest BCUT2D eigenvalue weighted by atomic mass is 32.2. The second-order valence-corrected chi connectivity index (χ2v) is 8.94. The van der Waals surface area contributed by atoms with Crippen LogP contribution in [0, 0.1) is 0 Å². The summed E-state index contributed by atoms with van der Waals surface area (Å²) in [6.45, 7) is 2.48. The lowest BCUT2D eigenvalue weighted by Gasteiger charge is -2.20. The first-order chi connectivity index (χ1) is 16.2. The number of alkyl halides is 2. The first-order valence-electron chi connectivity index (χ1n) is 10.5. The van der Waals surface area contributed by atoms with Crippen molar-refractivity contribution < 1.29 is 27.8 Å². The number of ether oxygens (including phenoxy) is 2. The number of rotatable bonds is 8. The van der Waals surface area contributed by atoms with Crippen molar-refractivity contribution in [3.8, 4) is 11.5 Å². The van der Waals surface area contributed by atoms with Gasteiger partial charge in [-0.3, -0.25) is 14.5 Å². The number of carbonyl (C=O) groups excluding carboxylic acids is 2. The van der Waals surface area contributed by atoms with Gasteiger partial charge in [-0.25, -0.2) is 4.99 Å². The minimum Gasteiger partial charge on any atom is -0.497 e. The number of halogens is 2. The molecular weight excluding hydrogens is 464 g/mol. The fourth-order valence-corrected chi connectivity index (χ4v) is 3.99. The lowest BCUT2D eigenvalue weighted by Crippen LogP contribution is -2.38. The summed E-state index contributed by atoms with van der Waals surface area (Å²) in [5.74, 6) is 0.0493. The van der Waals surface area contributed by atoms with Crippen molar-refractivity contribution in [2.75, 3.05) is 12.0 Å². The Kier molecular flexibility index (Phi) is 8.27. The number of nitrogens with one attached hydrogen (secondary N) is 1. The molecular formula is C24H25F2N3O4S. The number of thioether (sulfide) groups is 1. The van der Waals surface area contributed by atoms with Gasteiger partial charge >= 0.3 is 6.61 Å². The van der Waals surface area contributed by atoms with Crippen LogP contribution in [0.3, 0.4) is 0 Å². The first-order valence-corrected chi connectivity index (χ1v) is 11.4. The summed E-state index contributed by atoms with van der Waals surface area (Å²) >= 11 is 1.13. The molecule has 3 rings (SSSR count). The number of benzene rings is 2. The zero-order valence-electron chi connectivity index (χ0n) is 19.1. The Morgan fingerprint density at radius 3 is 2.24 bits per heavy atom. The van der Waals surface area contributed by atoms with Gasteiger partial charge in [-0.15, -0.1) is 0 Å². The molecule has 7 nitrogen and oxygen atoms in total. The van der Waals surface area contributed by atoms with Crippen LogP contribution in [-0.4, -0.2) is 42.0 Å². The fourth-order valence-electron chi connectivity index (χ4n) is 3.05. The smallest absolute Gasteiger partial charge is 0.387 e. The molecule has 1 aliphatic heterocycles. The van der Waals surface area contributed by atoms with Gasteiger partial charge in [0, 0.05) is 6.04 Å². The van der Waals surface area contributed by atoms with Crippen molar-refractivity contribution in [2.45, 2.75) is 38.7 Å². The molecule has 0 saturated heterocycles. The largest absolute Gasteiger partial charge is 0.497 e. The maximum atomic E-state index is 13.3.